The second kappa shape index (κ2) is 8.13. The van der Waals surface area contributed by atoms with Crippen molar-refractivity contribution >= 4 is 10.9 Å². The van der Waals surface area contributed by atoms with Gasteiger partial charge in [-0.25, -0.2) is 4.98 Å². The largest absolute Gasteiger partial charge is 0.497 e. The number of nitrogens with zero attached hydrogens (tertiary/aromatic N) is 2. The smallest absolute Gasteiger partial charge is 0.258 e. The minimum atomic E-state index is -0.175. The van der Waals surface area contributed by atoms with Crippen LogP contribution in [0.4, 0.5) is 0 Å². The Kier molecular flexibility index (Phi) is 5.40. The Balaban J connectivity index is 1.63. The Hall–Kier alpha value is -3.06. The molecule has 0 radical (unpaired) electrons. The monoisotopic (exact) mass is 395 g/mol. The minimum Gasteiger partial charge on any atom is -0.497 e. The van der Waals surface area contributed by atoms with E-state index >= 15 is 0 Å². The summed E-state index contributed by atoms with van der Waals surface area (Å²) < 4.78 is 15.9. The van der Waals surface area contributed by atoms with Crippen LogP contribution >= 0.6 is 0 Å². The summed E-state index contributed by atoms with van der Waals surface area (Å²) in [7, 11) is 4.79. The molecule has 1 aliphatic rings. The number of likely N-dealkylation sites (tertiary alicyclic amines) is 1. The van der Waals surface area contributed by atoms with E-state index in [1.54, 1.807) is 33.5 Å². The molecule has 0 unspecified atom stereocenters. The lowest BCUT2D eigenvalue weighted by molar-refractivity contribution is 0.242. The summed E-state index contributed by atoms with van der Waals surface area (Å²) in [6, 6.07) is 11.9. The highest BCUT2D eigenvalue weighted by Crippen LogP contribution is 2.34. The lowest BCUT2D eigenvalue weighted by Crippen LogP contribution is -2.25. The van der Waals surface area contributed by atoms with E-state index in [2.05, 4.69) is 27.0 Å². The van der Waals surface area contributed by atoms with Gasteiger partial charge < -0.3 is 19.2 Å². The zero-order valence-corrected chi connectivity index (χ0v) is 16.9. The van der Waals surface area contributed by atoms with E-state index in [0.29, 0.717) is 40.8 Å². The summed E-state index contributed by atoms with van der Waals surface area (Å²) >= 11 is 0. The van der Waals surface area contributed by atoms with Crippen molar-refractivity contribution in [3.63, 3.8) is 0 Å². The minimum absolute atomic E-state index is 0.175. The predicted octanol–water partition coefficient (Wildman–Crippen LogP) is 3.29. The predicted molar refractivity (Wildman–Crippen MR) is 111 cm³/mol. The molecular weight excluding hydrogens is 370 g/mol. The molecule has 1 atom stereocenters. The van der Waals surface area contributed by atoms with E-state index < -0.39 is 0 Å². The highest BCUT2D eigenvalue weighted by Gasteiger charge is 2.26. The molecule has 2 aromatic carbocycles. The zero-order valence-electron chi connectivity index (χ0n) is 16.9. The molecule has 3 aromatic rings. The van der Waals surface area contributed by atoms with Crippen LogP contribution < -0.4 is 19.8 Å². The topological polar surface area (TPSA) is 76.7 Å². The highest BCUT2D eigenvalue weighted by molar-refractivity contribution is 5.81. The zero-order chi connectivity index (χ0) is 20.4. The van der Waals surface area contributed by atoms with Crippen LogP contribution in [0.5, 0.6) is 17.2 Å². The number of aromatic amines is 1. The lowest BCUT2D eigenvalue weighted by atomic mass is 10.0. The Morgan fingerprint density at radius 3 is 2.48 bits per heavy atom. The maximum atomic E-state index is 12.6. The second-order valence-electron chi connectivity index (χ2n) is 7.14. The molecule has 152 valence electrons. The van der Waals surface area contributed by atoms with Crippen LogP contribution in [0.1, 0.15) is 30.3 Å². The SMILES string of the molecule is COc1ccc([C@H]2CCCN2Cc2nc3cc(OC)c(OC)cc3c(=O)[nH]2)cc1. The van der Waals surface area contributed by atoms with Crippen LogP contribution in [-0.4, -0.2) is 42.7 Å². The number of nitrogens with one attached hydrogen (secondary N) is 1. The maximum Gasteiger partial charge on any atom is 0.258 e. The summed E-state index contributed by atoms with van der Waals surface area (Å²) in [5.74, 6) is 2.57. The molecule has 29 heavy (non-hydrogen) atoms. The summed E-state index contributed by atoms with van der Waals surface area (Å²) in [6.07, 6.45) is 2.19. The average Bonchev–Trinajstić information content (AvgIpc) is 3.21. The summed E-state index contributed by atoms with van der Waals surface area (Å²) in [5.41, 5.74) is 1.67. The average molecular weight is 395 g/mol. The standard InChI is InChI=1S/C22H25N3O4/c1-27-15-8-6-14(7-9-15)18-5-4-10-25(18)13-21-23-17-12-20(29-3)19(28-2)11-16(17)22(26)24-21/h6-9,11-12,18H,4-5,10,13H2,1-3H3,(H,23,24,26)/t18-/m1/s1. The van der Waals surface area contributed by atoms with Gasteiger partial charge in [0.15, 0.2) is 11.5 Å². The molecule has 7 heteroatoms. The summed E-state index contributed by atoms with van der Waals surface area (Å²) in [6.45, 7) is 1.54. The molecule has 0 amide bonds. The van der Waals surface area contributed by atoms with Crippen molar-refractivity contribution in [2.75, 3.05) is 27.9 Å². The van der Waals surface area contributed by atoms with Gasteiger partial charge in [-0.15, -0.1) is 0 Å². The van der Waals surface area contributed by atoms with Gasteiger partial charge in [-0.1, -0.05) is 12.1 Å². The molecular formula is C22H25N3O4. The quantitative estimate of drug-likeness (QED) is 0.690. The number of hydrogen-bond donors (Lipinski definition) is 1. The molecule has 0 spiro atoms. The third-order valence-corrected chi connectivity index (χ3v) is 5.48. The van der Waals surface area contributed by atoms with Gasteiger partial charge in [0.2, 0.25) is 0 Å². The number of ether oxygens (including phenoxy) is 3. The van der Waals surface area contributed by atoms with Gasteiger partial charge in [0.05, 0.1) is 38.8 Å². The molecule has 1 aromatic heterocycles. The van der Waals surface area contributed by atoms with Crippen molar-refractivity contribution < 1.29 is 14.2 Å². The Labute approximate surface area is 169 Å². The molecule has 7 nitrogen and oxygen atoms in total. The van der Waals surface area contributed by atoms with Crippen LogP contribution in [0, 0.1) is 0 Å². The maximum absolute atomic E-state index is 12.6. The molecule has 4 rings (SSSR count). The highest BCUT2D eigenvalue weighted by atomic mass is 16.5. The summed E-state index contributed by atoms with van der Waals surface area (Å²) in [5, 5.41) is 0.486. The Morgan fingerprint density at radius 1 is 1.07 bits per heavy atom. The first kappa shape index (κ1) is 19.3. The van der Waals surface area contributed by atoms with Crippen LogP contribution in [0.15, 0.2) is 41.2 Å². The fraction of sp³-hybridized carbons (Fsp3) is 0.364. The van der Waals surface area contributed by atoms with Crippen LogP contribution in [0.3, 0.4) is 0 Å². The number of aromatic nitrogens is 2. The van der Waals surface area contributed by atoms with Gasteiger partial charge >= 0.3 is 0 Å². The van der Waals surface area contributed by atoms with E-state index in [9.17, 15) is 4.79 Å². The van der Waals surface area contributed by atoms with Gasteiger partial charge in [-0.2, -0.15) is 0 Å². The lowest BCUT2D eigenvalue weighted by Gasteiger charge is -2.24. The number of fused-ring (bicyclic) bond motifs is 1. The number of benzene rings is 2. The third-order valence-electron chi connectivity index (χ3n) is 5.48. The normalized spacial score (nSPS) is 16.9. The first-order valence-electron chi connectivity index (χ1n) is 9.66. The molecule has 1 N–H and O–H groups in total. The van der Waals surface area contributed by atoms with Crippen molar-refractivity contribution in [3.8, 4) is 17.2 Å². The summed E-state index contributed by atoms with van der Waals surface area (Å²) in [4.78, 5) is 22.6. The van der Waals surface area contributed by atoms with Crippen LogP contribution in [-0.2, 0) is 6.54 Å². The van der Waals surface area contributed by atoms with E-state index in [0.717, 1.165) is 25.1 Å². The molecule has 0 saturated carbocycles. The van der Waals surface area contributed by atoms with Crippen molar-refractivity contribution in [1.29, 1.82) is 0 Å². The number of hydrogen-bond acceptors (Lipinski definition) is 6. The van der Waals surface area contributed by atoms with Gasteiger partial charge in [0.25, 0.3) is 5.56 Å². The van der Waals surface area contributed by atoms with Crippen LogP contribution in [0.25, 0.3) is 10.9 Å². The molecule has 0 aliphatic carbocycles. The first-order chi connectivity index (χ1) is 14.1. The van der Waals surface area contributed by atoms with Gasteiger partial charge in [0.1, 0.15) is 11.6 Å². The van der Waals surface area contributed by atoms with Crippen molar-refractivity contribution in [2.24, 2.45) is 0 Å². The van der Waals surface area contributed by atoms with E-state index in [1.165, 1.54) is 5.56 Å². The number of rotatable bonds is 6. The first-order valence-corrected chi connectivity index (χ1v) is 9.66. The second-order valence-corrected chi connectivity index (χ2v) is 7.14. The number of H-pyrrole nitrogens is 1. The fourth-order valence-corrected chi connectivity index (χ4v) is 4.00. The molecule has 0 bridgehead atoms. The molecule has 1 saturated heterocycles. The van der Waals surface area contributed by atoms with E-state index in [4.69, 9.17) is 14.2 Å². The Bertz CT molecular complexity index is 1060. The number of methoxy groups -OCH3 is 3. The third kappa shape index (κ3) is 3.78. The van der Waals surface area contributed by atoms with Crippen molar-refractivity contribution in [3.05, 3.63) is 58.1 Å². The Morgan fingerprint density at radius 2 is 1.79 bits per heavy atom. The molecule has 1 fully saturated rings. The van der Waals surface area contributed by atoms with Crippen molar-refractivity contribution in [2.45, 2.75) is 25.4 Å². The van der Waals surface area contributed by atoms with Gasteiger partial charge in [-0.05, 0) is 43.1 Å². The molecule has 2 heterocycles. The van der Waals surface area contributed by atoms with Crippen LogP contribution in [0.2, 0.25) is 0 Å². The molecule has 1 aliphatic heterocycles. The fourth-order valence-electron chi connectivity index (χ4n) is 4.00. The van der Waals surface area contributed by atoms with Gasteiger partial charge in [-0.3, -0.25) is 9.69 Å². The van der Waals surface area contributed by atoms with Crippen molar-refractivity contribution in [1.82, 2.24) is 14.9 Å². The van der Waals surface area contributed by atoms with Gasteiger partial charge in [0, 0.05) is 12.1 Å². The van der Waals surface area contributed by atoms with E-state index in [1.807, 2.05) is 12.1 Å². The van der Waals surface area contributed by atoms with E-state index in [-0.39, 0.29) is 5.56 Å².